The second-order valence-corrected chi connectivity index (χ2v) is 7.82. The molecular formula is C20H33N3O3. The number of ether oxygens (including phenoxy) is 1. The molecule has 0 radical (unpaired) electrons. The fraction of sp³-hybridized carbons (Fsp3) is 0.800. The minimum atomic E-state index is -0.498. The third kappa shape index (κ3) is 5.81. The van der Waals surface area contributed by atoms with Gasteiger partial charge < -0.3 is 15.4 Å². The third-order valence-corrected chi connectivity index (χ3v) is 5.95. The van der Waals surface area contributed by atoms with E-state index in [9.17, 15) is 9.59 Å². The largest absolute Gasteiger partial charge is 0.380 e. The number of carbonyl (C=O) groups is 2. The van der Waals surface area contributed by atoms with E-state index in [1.807, 2.05) is 0 Å². The molecule has 0 unspecified atom stereocenters. The summed E-state index contributed by atoms with van der Waals surface area (Å²) >= 11 is 0. The van der Waals surface area contributed by atoms with E-state index in [1.165, 1.54) is 18.4 Å². The molecule has 6 heteroatoms. The Balaban J connectivity index is 1.27. The molecule has 1 aliphatic carbocycles. The van der Waals surface area contributed by atoms with Crippen LogP contribution in [0.15, 0.2) is 11.6 Å². The topological polar surface area (TPSA) is 70.7 Å². The molecule has 3 rings (SSSR count). The van der Waals surface area contributed by atoms with Crippen molar-refractivity contribution in [1.29, 1.82) is 0 Å². The number of piperidine rings is 1. The molecule has 0 aromatic carbocycles. The lowest BCUT2D eigenvalue weighted by atomic mass is 9.95. The summed E-state index contributed by atoms with van der Waals surface area (Å²) in [6, 6.07) is 0.579. The SMILES string of the molecule is O=C(NCCC1=CCCCC1)C(=O)NCC1CCN([C@H]2CCOC2)CC1. The van der Waals surface area contributed by atoms with E-state index >= 15 is 0 Å². The van der Waals surface area contributed by atoms with Crippen LogP contribution in [0.25, 0.3) is 0 Å². The Labute approximate surface area is 156 Å². The first-order valence-corrected chi connectivity index (χ1v) is 10.3. The van der Waals surface area contributed by atoms with Gasteiger partial charge in [0.25, 0.3) is 0 Å². The highest BCUT2D eigenvalue weighted by atomic mass is 16.5. The van der Waals surface area contributed by atoms with E-state index in [2.05, 4.69) is 21.6 Å². The van der Waals surface area contributed by atoms with E-state index in [4.69, 9.17) is 4.74 Å². The fourth-order valence-electron chi connectivity index (χ4n) is 4.20. The fourth-order valence-corrected chi connectivity index (χ4v) is 4.20. The quantitative estimate of drug-likeness (QED) is 0.556. The molecule has 6 nitrogen and oxygen atoms in total. The zero-order valence-corrected chi connectivity index (χ0v) is 15.8. The molecule has 0 aromatic rings. The normalized spacial score (nSPS) is 24.9. The number of nitrogens with zero attached hydrogens (tertiary/aromatic N) is 1. The van der Waals surface area contributed by atoms with Crippen molar-refractivity contribution in [2.75, 3.05) is 39.4 Å². The van der Waals surface area contributed by atoms with Crippen LogP contribution in [-0.2, 0) is 14.3 Å². The van der Waals surface area contributed by atoms with Crippen LogP contribution < -0.4 is 10.6 Å². The lowest BCUT2D eigenvalue weighted by Crippen LogP contribution is -2.46. The number of hydrogen-bond acceptors (Lipinski definition) is 4. The summed E-state index contributed by atoms with van der Waals surface area (Å²) in [6.45, 7) is 5.03. The predicted molar refractivity (Wildman–Crippen MR) is 101 cm³/mol. The molecule has 0 saturated carbocycles. The van der Waals surface area contributed by atoms with Gasteiger partial charge in [-0.1, -0.05) is 11.6 Å². The van der Waals surface area contributed by atoms with Gasteiger partial charge >= 0.3 is 11.8 Å². The smallest absolute Gasteiger partial charge is 0.309 e. The monoisotopic (exact) mass is 363 g/mol. The molecule has 0 aromatic heterocycles. The Bertz CT molecular complexity index is 506. The number of amides is 2. The summed E-state index contributed by atoms with van der Waals surface area (Å²) in [5.74, 6) is -0.520. The molecule has 1 atom stereocenters. The molecule has 26 heavy (non-hydrogen) atoms. The summed E-state index contributed by atoms with van der Waals surface area (Å²) in [4.78, 5) is 26.4. The number of hydrogen-bond donors (Lipinski definition) is 2. The molecule has 0 bridgehead atoms. The third-order valence-electron chi connectivity index (χ3n) is 5.95. The molecule has 0 spiro atoms. The summed E-state index contributed by atoms with van der Waals surface area (Å²) < 4.78 is 5.47. The van der Waals surface area contributed by atoms with Crippen LogP contribution in [0.4, 0.5) is 0 Å². The van der Waals surface area contributed by atoms with Crippen molar-refractivity contribution >= 4 is 11.8 Å². The first-order chi connectivity index (χ1) is 12.7. The molecular weight excluding hydrogens is 330 g/mol. The van der Waals surface area contributed by atoms with Crippen LogP contribution in [-0.4, -0.2) is 62.1 Å². The maximum absolute atomic E-state index is 12.0. The van der Waals surface area contributed by atoms with Gasteiger partial charge in [0.2, 0.25) is 0 Å². The van der Waals surface area contributed by atoms with Gasteiger partial charge in [-0.05, 0) is 70.4 Å². The first kappa shape index (κ1) is 19.4. The number of carbonyl (C=O) groups excluding carboxylic acids is 2. The van der Waals surface area contributed by atoms with Crippen LogP contribution in [0.5, 0.6) is 0 Å². The zero-order chi connectivity index (χ0) is 18.2. The minimum Gasteiger partial charge on any atom is -0.380 e. The number of nitrogens with one attached hydrogen (secondary N) is 2. The standard InChI is InChI=1S/C20H33N3O3/c24-19(21-10-6-16-4-2-1-3-5-16)20(25)22-14-17-7-11-23(12-8-17)18-9-13-26-15-18/h4,17-18H,1-3,5-15H2,(H,21,24)(H,22,25)/t18-/m0/s1. The number of allylic oxidation sites excluding steroid dienone is 1. The van der Waals surface area contributed by atoms with Crippen LogP contribution in [0.2, 0.25) is 0 Å². The Kier molecular flexibility index (Phi) is 7.50. The minimum absolute atomic E-state index is 0.470. The van der Waals surface area contributed by atoms with E-state index in [0.717, 1.165) is 64.8 Å². The molecule has 2 amide bonds. The average molecular weight is 364 g/mol. The van der Waals surface area contributed by atoms with Gasteiger partial charge in [-0.3, -0.25) is 14.5 Å². The molecule has 2 aliphatic heterocycles. The number of likely N-dealkylation sites (tertiary alicyclic amines) is 1. The summed E-state index contributed by atoms with van der Waals surface area (Å²) in [5, 5.41) is 5.56. The van der Waals surface area contributed by atoms with Gasteiger partial charge in [0.15, 0.2) is 0 Å². The summed E-state index contributed by atoms with van der Waals surface area (Å²) in [6.07, 6.45) is 11.2. The molecule has 3 aliphatic rings. The molecule has 146 valence electrons. The highest BCUT2D eigenvalue weighted by molar-refractivity contribution is 6.35. The van der Waals surface area contributed by atoms with E-state index in [1.54, 1.807) is 0 Å². The van der Waals surface area contributed by atoms with Gasteiger partial charge in [0.1, 0.15) is 0 Å². The van der Waals surface area contributed by atoms with Crippen LogP contribution in [0.1, 0.15) is 51.4 Å². The molecule has 2 saturated heterocycles. The van der Waals surface area contributed by atoms with Crippen LogP contribution in [0.3, 0.4) is 0 Å². The van der Waals surface area contributed by atoms with Crippen LogP contribution in [0, 0.1) is 5.92 Å². The lowest BCUT2D eigenvalue weighted by Gasteiger charge is -2.35. The highest BCUT2D eigenvalue weighted by Crippen LogP contribution is 2.22. The highest BCUT2D eigenvalue weighted by Gasteiger charge is 2.28. The maximum atomic E-state index is 12.0. The van der Waals surface area contributed by atoms with E-state index in [0.29, 0.717) is 25.0 Å². The van der Waals surface area contributed by atoms with Crippen molar-refractivity contribution in [1.82, 2.24) is 15.5 Å². The maximum Gasteiger partial charge on any atom is 0.309 e. The van der Waals surface area contributed by atoms with Crippen molar-refractivity contribution in [2.24, 2.45) is 5.92 Å². The summed E-state index contributed by atoms with van der Waals surface area (Å²) in [5.41, 5.74) is 1.41. The molecule has 2 fully saturated rings. The van der Waals surface area contributed by atoms with Gasteiger partial charge in [0.05, 0.1) is 6.61 Å². The Morgan fingerprint density at radius 2 is 1.92 bits per heavy atom. The Morgan fingerprint density at radius 1 is 1.12 bits per heavy atom. The molecule has 2 heterocycles. The van der Waals surface area contributed by atoms with Crippen LogP contribution >= 0.6 is 0 Å². The van der Waals surface area contributed by atoms with E-state index in [-0.39, 0.29) is 0 Å². The van der Waals surface area contributed by atoms with Crippen molar-refractivity contribution in [3.63, 3.8) is 0 Å². The second-order valence-electron chi connectivity index (χ2n) is 7.82. The Morgan fingerprint density at radius 3 is 2.62 bits per heavy atom. The zero-order valence-electron chi connectivity index (χ0n) is 15.8. The van der Waals surface area contributed by atoms with Crippen molar-refractivity contribution in [3.05, 3.63) is 11.6 Å². The van der Waals surface area contributed by atoms with Gasteiger partial charge in [-0.15, -0.1) is 0 Å². The van der Waals surface area contributed by atoms with Crippen molar-refractivity contribution < 1.29 is 14.3 Å². The second kappa shape index (κ2) is 10.1. The van der Waals surface area contributed by atoms with Crippen molar-refractivity contribution in [3.8, 4) is 0 Å². The van der Waals surface area contributed by atoms with E-state index < -0.39 is 11.8 Å². The van der Waals surface area contributed by atoms with Gasteiger partial charge in [-0.25, -0.2) is 0 Å². The van der Waals surface area contributed by atoms with Crippen molar-refractivity contribution in [2.45, 2.75) is 57.4 Å². The summed E-state index contributed by atoms with van der Waals surface area (Å²) in [7, 11) is 0. The predicted octanol–water partition coefficient (Wildman–Crippen LogP) is 1.61. The first-order valence-electron chi connectivity index (χ1n) is 10.3. The Hall–Kier alpha value is -1.40. The van der Waals surface area contributed by atoms with Gasteiger partial charge in [0, 0.05) is 25.7 Å². The lowest BCUT2D eigenvalue weighted by molar-refractivity contribution is -0.139. The average Bonchev–Trinajstić information content (AvgIpc) is 3.22. The number of rotatable bonds is 6. The molecule has 2 N–H and O–H groups in total. The van der Waals surface area contributed by atoms with Gasteiger partial charge in [-0.2, -0.15) is 0 Å².